The van der Waals surface area contributed by atoms with Crippen molar-refractivity contribution in [3.05, 3.63) is 9.90 Å². The molecule has 0 aliphatic rings. The molecule has 1 aromatic heterocycles. The minimum Gasteiger partial charge on any atom is -0.447 e. The lowest BCUT2D eigenvalue weighted by Gasteiger charge is -2.13. The van der Waals surface area contributed by atoms with Crippen molar-refractivity contribution < 1.29 is 19.1 Å². The van der Waals surface area contributed by atoms with Crippen LogP contribution in [0, 0.1) is 3.57 Å². The van der Waals surface area contributed by atoms with E-state index in [9.17, 15) is 9.59 Å². The molecule has 0 saturated carbocycles. The Hall–Kier alpha value is -1.65. The zero-order valence-corrected chi connectivity index (χ0v) is 14.3. The van der Waals surface area contributed by atoms with Gasteiger partial charge in [0.1, 0.15) is 6.33 Å². The smallest absolute Gasteiger partial charge is 0.413 e. The van der Waals surface area contributed by atoms with Gasteiger partial charge < -0.3 is 9.47 Å². The van der Waals surface area contributed by atoms with E-state index in [0.29, 0.717) is 3.57 Å². The van der Waals surface area contributed by atoms with Crippen LogP contribution in [-0.2, 0) is 9.47 Å². The van der Waals surface area contributed by atoms with Gasteiger partial charge in [-0.25, -0.2) is 19.6 Å². The number of anilines is 2. The number of amides is 2. The second kappa shape index (κ2) is 7.96. The summed E-state index contributed by atoms with van der Waals surface area (Å²) in [7, 11) is 0. The van der Waals surface area contributed by atoms with E-state index in [4.69, 9.17) is 9.47 Å². The van der Waals surface area contributed by atoms with E-state index in [1.165, 1.54) is 6.33 Å². The molecule has 0 bridgehead atoms. The molecule has 2 amide bonds. The summed E-state index contributed by atoms with van der Waals surface area (Å²) in [6.45, 7) is 6.94. The van der Waals surface area contributed by atoms with Crippen LogP contribution in [0.2, 0.25) is 0 Å². The molecule has 0 aromatic carbocycles. The third-order valence-electron chi connectivity index (χ3n) is 1.92. The van der Waals surface area contributed by atoms with Crippen molar-refractivity contribution in [2.75, 3.05) is 10.6 Å². The van der Waals surface area contributed by atoms with Gasteiger partial charge in [-0.1, -0.05) is 0 Å². The number of rotatable bonds is 4. The zero-order valence-electron chi connectivity index (χ0n) is 12.1. The molecule has 0 radical (unpaired) electrons. The molecule has 0 unspecified atom stereocenters. The lowest BCUT2D eigenvalue weighted by atomic mass is 10.5. The van der Waals surface area contributed by atoms with Gasteiger partial charge in [0.2, 0.25) is 0 Å². The van der Waals surface area contributed by atoms with E-state index in [-0.39, 0.29) is 23.8 Å². The third-order valence-corrected chi connectivity index (χ3v) is 2.94. The Balaban J connectivity index is 2.78. The van der Waals surface area contributed by atoms with Gasteiger partial charge in [-0.15, -0.1) is 0 Å². The SMILES string of the molecule is CC(C)OC(=O)Nc1ncnc(NC(=O)OC(C)C)c1I. The number of carbonyl (C=O) groups is 2. The van der Waals surface area contributed by atoms with E-state index < -0.39 is 12.2 Å². The fraction of sp³-hybridized carbons (Fsp3) is 0.500. The molecule has 0 aliphatic carbocycles. The Morgan fingerprint density at radius 3 is 1.71 bits per heavy atom. The number of nitrogens with zero attached hydrogens (tertiary/aromatic N) is 2. The van der Waals surface area contributed by atoms with E-state index in [0.717, 1.165) is 0 Å². The number of aromatic nitrogens is 2. The first-order valence-electron chi connectivity index (χ1n) is 6.25. The average molecular weight is 408 g/mol. The first-order chi connectivity index (χ1) is 9.79. The summed E-state index contributed by atoms with van der Waals surface area (Å²) in [6.07, 6.45) is -0.529. The van der Waals surface area contributed by atoms with Crippen LogP contribution in [0.1, 0.15) is 27.7 Å². The summed E-state index contributed by atoms with van der Waals surface area (Å²) in [4.78, 5) is 31.0. The lowest BCUT2D eigenvalue weighted by molar-refractivity contribution is 0.129. The number of hydrogen-bond donors (Lipinski definition) is 2. The molecule has 0 atom stereocenters. The standard InChI is InChI=1S/C12H17IN4O4/c1-6(2)20-11(18)16-9-8(13)10(15-5-14-9)17-12(19)21-7(3)4/h5-7H,1-4H3,(H2,14,15,16,17,18,19). The summed E-state index contributed by atoms with van der Waals surface area (Å²) in [5.41, 5.74) is 0. The minimum absolute atomic E-state index is 0.246. The van der Waals surface area contributed by atoms with E-state index in [1.807, 2.05) is 22.6 Å². The molecule has 8 nitrogen and oxygen atoms in total. The fourth-order valence-electron chi connectivity index (χ4n) is 1.22. The molecule has 9 heteroatoms. The number of ether oxygens (including phenoxy) is 2. The number of hydrogen-bond acceptors (Lipinski definition) is 6. The summed E-state index contributed by atoms with van der Waals surface area (Å²) in [5.74, 6) is 0.493. The van der Waals surface area contributed by atoms with Gasteiger partial charge >= 0.3 is 12.2 Å². The van der Waals surface area contributed by atoms with E-state index >= 15 is 0 Å². The third kappa shape index (κ3) is 6.10. The van der Waals surface area contributed by atoms with Crippen molar-refractivity contribution >= 4 is 46.4 Å². The van der Waals surface area contributed by atoms with Crippen LogP contribution in [0.3, 0.4) is 0 Å². The zero-order chi connectivity index (χ0) is 16.0. The molecule has 0 spiro atoms. The molecule has 2 N–H and O–H groups in total. The molecule has 116 valence electrons. The highest BCUT2D eigenvalue weighted by atomic mass is 127. The molecule has 1 rings (SSSR count). The predicted octanol–water partition coefficient (Wildman–Crippen LogP) is 3.00. The van der Waals surface area contributed by atoms with Crippen molar-refractivity contribution in [1.82, 2.24) is 9.97 Å². The van der Waals surface area contributed by atoms with Gasteiger partial charge in [0.05, 0.1) is 15.8 Å². The Morgan fingerprint density at radius 1 is 1.00 bits per heavy atom. The predicted molar refractivity (Wildman–Crippen MR) is 85.2 cm³/mol. The fourth-order valence-corrected chi connectivity index (χ4v) is 1.77. The van der Waals surface area contributed by atoms with Crippen molar-refractivity contribution in [2.24, 2.45) is 0 Å². The van der Waals surface area contributed by atoms with Gasteiger partial charge in [-0.3, -0.25) is 10.6 Å². The summed E-state index contributed by atoms with van der Waals surface area (Å²) in [5, 5.41) is 4.97. The molecule has 1 aromatic rings. The molecular formula is C12H17IN4O4. The van der Waals surface area contributed by atoms with Crippen LogP contribution in [0.15, 0.2) is 6.33 Å². The molecule has 0 fully saturated rings. The van der Waals surface area contributed by atoms with Gasteiger partial charge in [0.25, 0.3) is 0 Å². The second-order valence-corrected chi connectivity index (χ2v) is 5.62. The first kappa shape index (κ1) is 17.4. The lowest BCUT2D eigenvalue weighted by Crippen LogP contribution is -2.22. The number of halogens is 1. The van der Waals surface area contributed by atoms with Crippen molar-refractivity contribution in [3.8, 4) is 0 Å². The van der Waals surface area contributed by atoms with Gasteiger partial charge in [-0.2, -0.15) is 0 Å². The Labute approximate surface area is 136 Å². The van der Waals surface area contributed by atoms with Gasteiger partial charge in [0, 0.05) is 0 Å². The van der Waals surface area contributed by atoms with Gasteiger partial charge in [0.15, 0.2) is 11.6 Å². The summed E-state index contributed by atoms with van der Waals surface area (Å²) in [6, 6.07) is 0. The minimum atomic E-state index is -0.627. The van der Waals surface area contributed by atoms with Crippen molar-refractivity contribution in [3.63, 3.8) is 0 Å². The van der Waals surface area contributed by atoms with Gasteiger partial charge in [-0.05, 0) is 50.3 Å². The van der Waals surface area contributed by atoms with Crippen LogP contribution in [0.5, 0.6) is 0 Å². The summed E-state index contributed by atoms with van der Waals surface area (Å²) < 4.78 is 10.4. The molecule has 1 heterocycles. The maximum absolute atomic E-state index is 11.5. The summed E-state index contributed by atoms with van der Waals surface area (Å²) >= 11 is 1.91. The highest BCUT2D eigenvalue weighted by molar-refractivity contribution is 14.1. The van der Waals surface area contributed by atoms with Crippen LogP contribution < -0.4 is 10.6 Å². The monoisotopic (exact) mass is 408 g/mol. The first-order valence-corrected chi connectivity index (χ1v) is 7.33. The molecule has 21 heavy (non-hydrogen) atoms. The van der Waals surface area contributed by atoms with Crippen LogP contribution in [-0.4, -0.2) is 34.4 Å². The highest BCUT2D eigenvalue weighted by Gasteiger charge is 2.15. The largest absolute Gasteiger partial charge is 0.447 e. The topological polar surface area (TPSA) is 102 Å². The maximum atomic E-state index is 11.5. The van der Waals surface area contributed by atoms with Crippen molar-refractivity contribution in [1.29, 1.82) is 0 Å². The van der Waals surface area contributed by atoms with E-state index in [2.05, 4.69) is 20.6 Å². The van der Waals surface area contributed by atoms with Crippen LogP contribution in [0.25, 0.3) is 0 Å². The second-order valence-electron chi connectivity index (χ2n) is 4.54. The number of nitrogens with one attached hydrogen (secondary N) is 2. The maximum Gasteiger partial charge on any atom is 0.413 e. The molecular weight excluding hydrogens is 391 g/mol. The average Bonchev–Trinajstić information content (AvgIpc) is 2.32. The van der Waals surface area contributed by atoms with Crippen LogP contribution in [0.4, 0.5) is 21.2 Å². The normalized spacial score (nSPS) is 10.4. The molecule has 0 saturated heterocycles. The number of carbonyl (C=O) groups excluding carboxylic acids is 2. The Bertz CT molecular complexity index is 480. The highest BCUT2D eigenvalue weighted by Crippen LogP contribution is 2.22. The Morgan fingerprint density at radius 2 is 1.38 bits per heavy atom. The van der Waals surface area contributed by atoms with Crippen LogP contribution >= 0.6 is 22.6 Å². The molecule has 0 aliphatic heterocycles. The Kier molecular flexibility index (Phi) is 6.59. The van der Waals surface area contributed by atoms with E-state index in [1.54, 1.807) is 27.7 Å². The quantitative estimate of drug-likeness (QED) is 0.743. The van der Waals surface area contributed by atoms with Crippen molar-refractivity contribution in [2.45, 2.75) is 39.9 Å².